The minimum Gasteiger partial charge on any atom is -0.394 e. The second kappa shape index (κ2) is 9.64. The van der Waals surface area contributed by atoms with Gasteiger partial charge in [-0.15, -0.1) is 0 Å². The van der Waals surface area contributed by atoms with Gasteiger partial charge in [-0.25, -0.2) is 14.4 Å². The average molecular weight is 501 g/mol. The molecule has 10 nitrogen and oxygen atoms in total. The van der Waals surface area contributed by atoms with Crippen LogP contribution in [0, 0.1) is 22.6 Å². The van der Waals surface area contributed by atoms with Crippen molar-refractivity contribution in [2.24, 2.45) is 11.1 Å². The Labute approximate surface area is 206 Å². The number of primary amides is 1. The molecule has 2 heterocycles. The number of hydrogen-bond acceptors (Lipinski definition) is 8. The molecule has 1 aromatic carbocycles. The van der Waals surface area contributed by atoms with Crippen molar-refractivity contribution < 1.29 is 14.3 Å². The lowest BCUT2D eigenvalue weighted by atomic mass is 9.73. The van der Waals surface area contributed by atoms with Gasteiger partial charge < -0.3 is 21.5 Å². The van der Waals surface area contributed by atoms with Crippen molar-refractivity contribution in [1.29, 1.82) is 5.26 Å². The van der Waals surface area contributed by atoms with Gasteiger partial charge in [0.25, 0.3) is 0 Å². The molecular formula is C23H26ClFN8O2. The fourth-order valence-corrected chi connectivity index (χ4v) is 4.53. The van der Waals surface area contributed by atoms with Gasteiger partial charge in [-0.1, -0.05) is 18.5 Å². The van der Waals surface area contributed by atoms with Crippen molar-refractivity contribution in [1.82, 2.24) is 19.5 Å². The molecule has 1 saturated carbocycles. The highest BCUT2D eigenvalue weighted by Gasteiger charge is 2.37. The predicted molar refractivity (Wildman–Crippen MR) is 130 cm³/mol. The second-order valence-corrected chi connectivity index (χ2v) is 9.55. The van der Waals surface area contributed by atoms with Crippen molar-refractivity contribution in [3.8, 4) is 6.07 Å². The first-order chi connectivity index (χ1) is 16.6. The summed E-state index contributed by atoms with van der Waals surface area (Å²) >= 11 is 6.27. The summed E-state index contributed by atoms with van der Waals surface area (Å²) in [7, 11) is 0. The van der Waals surface area contributed by atoms with E-state index in [-0.39, 0.29) is 40.9 Å². The Morgan fingerprint density at radius 3 is 2.74 bits per heavy atom. The molecule has 35 heavy (non-hydrogen) atoms. The van der Waals surface area contributed by atoms with Crippen LogP contribution in [0.1, 0.15) is 51.1 Å². The van der Waals surface area contributed by atoms with Crippen LogP contribution < -0.4 is 16.4 Å². The summed E-state index contributed by atoms with van der Waals surface area (Å²) in [6.45, 7) is 3.56. The number of amides is 1. The van der Waals surface area contributed by atoms with E-state index in [9.17, 15) is 14.3 Å². The lowest BCUT2D eigenvalue weighted by Gasteiger charge is -2.35. The molecule has 0 unspecified atom stereocenters. The quantitative estimate of drug-likeness (QED) is 0.383. The smallest absolute Gasteiger partial charge is 0.225 e. The molecule has 1 amide bonds. The maximum Gasteiger partial charge on any atom is 0.225 e. The van der Waals surface area contributed by atoms with Crippen LogP contribution >= 0.6 is 11.6 Å². The number of carbonyl (C=O) groups excluding carboxylic acids is 1. The molecule has 0 spiro atoms. The van der Waals surface area contributed by atoms with E-state index in [1.807, 2.05) is 17.6 Å². The zero-order valence-electron chi connectivity index (χ0n) is 19.3. The van der Waals surface area contributed by atoms with Gasteiger partial charge in [0.2, 0.25) is 17.8 Å². The molecule has 1 fully saturated rings. The van der Waals surface area contributed by atoms with Crippen molar-refractivity contribution in [2.45, 2.75) is 51.6 Å². The van der Waals surface area contributed by atoms with Crippen LogP contribution in [0.15, 0.2) is 18.3 Å². The number of nitrogens with one attached hydrogen (secondary N) is 2. The molecule has 1 aliphatic carbocycles. The highest BCUT2D eigenvalue weighted by molar-refractivity contribution is 6.33. The van der Waals surface area contributed by atoms with Gasteiger partial charge in [0.1, 0.15) is 11.3 Å². The van der Waals surface area contributed by atoms with Gasteiger partial charge >= 0.3 is 0 Å². The summed E-state index contributed by atoms with van der Waals surface area (Å²) in [6.07, 6.45) is 3.96. The first-order valence-electron chi connectivity index (χ1n) is 11.2. The number of carbonyl (C=O) groups is 1. The summed E-state index contributed by atoms with van der Waals surface area (Å²) in [5.41, 5.74) is 6.10. The number of halogens is 2. The normalized spacial score (nSPS) is 20.9. The third kappa shape index (κ3) is 4.85. The molecule has 0 radical (unpaired) electrons. The maximum absolute atomic E-state index is 14.8. The van der Waals surface area contributed by atoms with Crippen molar-refractivity contribution >= 4 is 46.3 Å². The van der Waals surface area contributed by atoms with Crippen molar-refractivity contribution in [3.63, 3.8) is 0 Å². The number of rotatable bonds is 7. The van der Waals surface area contributed by atoms with E-state index in [4.69, 9.17) is 22.6 Å². The van der Waals surface area contributed by atoms with E-state index in [1.165, 1.54) is 6.07 Å². The van der Waals surface area contributed by atoms with E-state index in [1.54, 1.807) is 13.1 Å². The number of fused-ring (bicyclic) bond motifs is 1. The molecule has 0 aliphatic heterocycles. The predicted octanol–water partition coefficient (Wildman–Crippen LogP) is 3.63. The second-order valence-electron chi connectivity index (χ2n) is 9.14. The number of imidazole rings is 1. The fraction of sp³-hybridized carbons (Fsp3) is 0.435. The standard InChI is InChI=1S/C23H26ClFN8O2/c1-12(11-34)29-21-28-10-17-19(32-21)33(14-3-5-23(2,6-4-14)20(27)35)22(30-17)31-18-15(24)7-13(9-26)8-16(18)25/h7-8,10,12,14,34H,3-6,11H2,1-2H3,(H2,27,35)(H,30,31)(H,28,29,32)/t12-,14-,23-/m0/s1. The fourth-order valence-electron chi connectivity index (χ4n) is 4.27. The number of aliphatic hydroxyl groups excluding tert-OH is 1. The minimum atomic E-state index is -0.692. The molecular weight excluding hydrogens is 475 g/mol. The molecule has 0 saturated heterocycles. The number of aromatic nitrogens is 4. The lowest BCUT2D eigenvalue weighted by molar-refractivity contribution is -0.128. The molecule has 184 valence electrons. The molecule has 1 aliphatic rings. The summed E-state index contributed by atoms with van der Waals surface area (Å²) in [5.74, 6) is -0.405. The van der Waals surface area contributed by atoms with Crippen LogP contribution in [-0.4, -0.2) is 43.2 Å². The Morgan fingerprint density at radius 2 is 2.14 bits per heavy atom. The number of aliphatic hydroxyl groups is 1. The highest BCUT2D eigenvalue weighted by Crippen LogP contribution is 2.43. The Kier molecular flexibility index (Phi) is 6.78. The molecule has 5 N–H and O–H groups in total. The summed E-state index contributed by atoms with van der Waals surface area (Å²) in [4.78, 5) is 25.4. The third-order valence-electron chi connectivity index (χ3n) is 6.51. The lowest BCUT2D eigenvalue weighted by Crippen LogP contribution is -2.38. The summed E-state index contributed by atoms with van der Waals surface area (Å²) in [6, 6.07) is 3.97. The van der Waals surface area contributed by atoms with E-state index < -0.39 is 11.2 Å². The third-order valence-corrected chi connectivity index (χ3v) is 6.81. The van der Waals surface area contributed by atoms with Gasteiger partial charge in [-0.2, -0.15) is 10.2 Å². The van der Waals surface area contributed by atoms with E-state index in [0.717, 1.165) is 6.07 Å². The zero-order chi connectivity index (χ0) is 25.3. The van der Waals surface area contributed by atoms with Crippen LogP contribution in [0.2, 0.25) is 5.02 Å². The number of nitrogens with two attached hydrogens (primary N) is 1. The summed E-state index contributed by atoms with van der Waals surface area (Å²) in [5, 5.41) is 24.5. The van der Waals surface area contributed by atoms with Gasteiger partial charge in [0.15, 0.2) is 5.65 Å². The van der Waals surface area contributed by atoms with Gasteiger partial charge in [0, 0.05) is 17.5 Å². The largest absolute Gasteiger partial charge is 0.394 e. The van der Waals surface area contributed by atoms with Crippen LogP contribution in [0.3, 0.4) is 0 Å². The van der Waals surface area contributed by atoms with E-state index in [2.05, 4.69) is 25.6 Å². The van der Waals surface area contributed by atoms with Crippen molar-refractivity contribution in [2.75, 3.05) is 17.2 Å². The Balaban J connectivity index is 1.78. The Bertz CT molecular complexity index is 1290. The number of nitriles is 1. The van der Waals surface area contributed by atoms with Crippen LogP contribution in [0.5, 0.6) is 0 Å². The molecule has 2 aromatic heterocycles. The molecule has 0 bridgehead atoms. The van der Waals surface area contributed by atoms with Crippen LogP contribution in [0.4, 0.5) is 22.0 Å². The Morgan fingerprint density at radius 1 is 1.43 bits per heavy atom. The van der Waals surface area contributed by atoms with E-state index >= 15 is 0 Å². The Hall–Kier alpha value is -3.49. The van der Waals surface area contributed by atoms with Crippen LogP contribution in [0.25, 0.3) is 11.2 Å². The summed E-state index contributed by atoms with van der Waals surface area (Å²) < 4.78 is 16.7. The van der Waals surface area contributed by atoms with Crippen molar-refractivity contribution in [3.05, 3.63) is 34.7 Å². The number of hydrogen-bond donors (Lipinski definition) is 4. The monoisotopic (exact) mass is 500 g/mol. The topological polar surface area (TPSA) is 155 Å². The minimum absolute atomic E-state index is 0.0137. The van der Waals surface area contributed by atoms with Gasteiger partial charge in [-0.05, 0) is 44.7 Å². The molecule has 12 heteroatoms. The van der Waals surface area contributed by atoms with Crippen LogP contribution in [-0.2, 0) is 4.79 Å². The number of anilines is 3. The number of benzene rings is 1. The van der Waals surface area contributed by atoms with Gasteiger partial charge in [-0.3, -0.25) is 9.36 Å². The van der Waals surface area contributed by atoms with E-state index in [0.29, 0.717) is 48.7 Å². The SMILES string of the molecule is C[C@@H](CO)Nc1ncc2nc(Nc3c(F)cc(C#N)cc3Cl)n([C@H]3CC[C@](C)(C(N)=O)CC3)c2n1. The first kappa shape index (κ1) is 24.6. The maximum atomic E-state index is 14.8. The molecule has 3 aromatic rings. The number of nitrogens with zero attached hydrogens (tertiary/aromatic N) is 5. The first-order valence-corrected chi connectivity index (χ1v) is 11.6. The zero-order valence-corrected chi connectivity index (χ0v) is 20.1. The highest BCUT2D eigenvalue weighted by atomic mass is 35.5. The average Bonchev–Trinajstić information content (AvgIpc) is 3.18. The van der Waals surface area contributed by atoms with Gasteiger partial charge in [0.05, 0.1) is 35.1 Å². The molecule has 1 atom stereocenters. The molecule has 4 rings (SSSR count).